The first-order valence-corrected chi connectivity index (χ1v) is 11.0. The van der Waals surface area contributed by atoms with E-state index in [1.54, 1.807) is 0 Å². The van der Waals surface area contributed by atoms with Crippen LogP contribution in [-0.4, -0.2) is 41.5 Å². The van der Waals surface area contributed by atoms with Gasteiger partial charge in [0, 0.05) is 18.9 Å². The number of hydrogen-bond acceptors (Lipinski definition) is 4. The van der Waals surface area contributed by atoms with Crippen LogP contribution in [-0.2, 0) is 25.6 Å². The summed E-state index contributed by atoms with van der Waals surface area (Å²) >= 11 is 3.88. The molecule has 164 valence electrons. The first kappa shape index (κ1) is 23.9. The quantitative estimate of drug-likeness (QED) is 0.377. The Morgan fingerprint density at radius 3 is 2.50 bits per heavy atom. The van der Waals surface area contributed by atoms with E-state index in [1.165, 1.54) is 0 Å². The Morgan fingerprint density at radius 2 is 1.90 bits per heavy atom. The van der Waals surface area contributed by atoms with Crippen LogP contribution >= 0.6 is 12.6 Å². The number of amides is 3. The number of rotatable bonds is 12. The predicted octanol–water partition coefficient (Wildman–Crippen LogP) is 1.76. The lowest BCUT2D eigenvalue weighted by atomic mass is 9.98. The third-order valence-corrected chi connectivity index (χ3v) is 5.59. The molecule has 0 bridgehead atoms. The molecule has 8 heteroatoms. The van der Waals surface area contributed by atoms with Crippen molar-refractivity contribution >= 4 is 35.5 Å². The summed E-state index contributed by atoms with van der Waals surface area (Å²) in [5, 5.41) is 7.73. The molecular formula is C22H31N3O4S. The minimum Gasteiger partial charge on any atom is -0.356 e. The summed E-state index contributed by atoms with van der Waals surface area (Å²) in [7, 11) is 0. The first-order chi connectivity index (χ1) is 14.4. The number of aryl methyl sites for hydroxylation is 1. The molecule has 1 aromatic carbocycles. The SMILES string of the molecule is CCCC[C@H](NC(=O)CCc1ccccc1)C(=O)N[C@@H](C[C@@H]1CCNC1=O)C(=O)S. The van der Waals surface area contributed by atoms with Crippen molar-refractivity contribution in [1.82, 2.24) is 16.0 Å². The zero-order valence-electron chi connectivity index (χ0n) is 17.4. The third-order valence-electron chi connectivity index (χ3n) is 5.28. The molecule has 1 saturated heterocycles. The molecule has 0 aliphatic carbocycles. The normalized spacial score (nSPS) is 17.7. The number of carbonyl (C=O) groups excluding carboxylic acids is 4. The van der Waals surface area contributed by atoms with Gasteiger partial charge in [0.25, 0.3) is 0 Å². The maximum Gasteiger partial charge on any atom is 0.243 e. The van der Waals surface area contributed by atoms with Crippen LogP contribution in [0.1, 0.15) is 51.0 Å². The fraction of sp³-hybridized carbons (Fsp3) is 0.545. The monoisotopic (exact) mass is 433 g/mol. The van der Waals surface area contributed by atoms with Crippen LogP contribution in [0.5, 0.6) is 0 Å². The van der Waals surface area contributed by atoms with E-state index in [-0.39, 0.29) is 30.6 Å². The van der Waals surface area contributed by atoms with Crippen molar-refractivity contribution in [2.75, 3.05) is 6.54 Å². The van der Waals surface area contributed by atoms with Crippen molar-refractivity contribution < 1.29 is 19.2 Å². The summed E-state index contributed by atoms with van der Waals surface area (Å²) in [4.78, 5) is 49.0. The molecule has 0 radical (unpaired) electrons. The molecule has 1 aliphatic heterocycles. The van der Waals surface area contributed by atoms with Crippen molar-refractivity contribution in [3.05, 3.63) is 35.9 Å². The fourth-order valence-corrected chi connectivity index (χ4v) is 3.66. The molecule has 0 spiro atoms. The summed E-state index contributed by atoms with van der Waals surface area (Å²) in [5.74, 6) is -1.05. The smallest absolute Gasteiger partial charge is 0.243 e. The van der Waals surface area contributed by atoms with Gasteiger partial charge in [-0.05, 0) is 31.2 Å². The predicted molar refractivity (Wildman–Crippen MR) is 118 cm³/mol. The topological polar surface area (TPSA) is 104 Å². The fourth-order valence-electron chi connectivity index (χ4n) is 3.49. The average molecular weight is 434 g/mol. The number of nitrogens with one attached hydrogen (secondary N) is 3. The highest BCUT2D eigenvalue weighted by molar-refractivity contribution is 7.96. The van der Waals surface area contributed by atoms with E-state index in [1.807, 2.05) is 37.3 Å². The Morgan fingerprint density at radius 1 is 1.17 bits per heavy atom. The van der Waals surface area contributed by atoms with Crippen LogP contribution in [0.3, 0.4) is 0 Å². The Kier molecular flexibility index (Phi) is 9.86. The van der Waals surface area contributed by atoms with E-state index in [4.69, 9.17) is 0 Å². The third kappa shape index (κ3) is 7.82. The van der Waals surface area contributed by atoms with Crippen molar-refractivity contribution in [3.8, 4) is 0 Å². The van der Waals surface area contributed by atoms with E-state index < -0.39 is 23.1 Å². The molecule has 3 atom stereocenters. The molecule has 7 nitrogen and oxygen atoms in total. The zero-order valence-corrected chi connectivity index (χ0v) is 18.3. The standard InChI is InChI=1S/C22H31N3O4S/c1-2-3-9-17(24-19(26)11-10-15-7-5-4-6-8-15)21(28)25-18(22(29)30)14-16-12-13-23-20(16)27/h4-8,16-18H,2-3,9-14H2,1H3,(H,23,27)(H,24,26)(H,25,28)(H,29,30)/t16-,17-,18-/m0/s1. The lowest BCUT2D eigenvalue weighted by molar-refractivity contribution is -0.131. The molecule has 2 rings (SSSR count). The summed E-state index contributed by atoms with van der Waals surface area (Å²) in [5.41, 5.74) is 1.05. The minimum atomic E-state index is -0.861. The van der Waals surface area contributed by atoms with Crippen LogP contribution in [0.15, 0.2) is 30.3 Å². The van der Waals surface area contributed by atoms with Crippen molar-refractivity contribution in [2.24, 2.45) is 5.92 Å². The molecule has 1 heterocycles. The molecule has 1 aromatic rings. The summed E-state index contributed by atoms with van der Waals surface area (Å²) in [6, 6.07) is 8.09. The van der Waals surface area contributed by atoms with Gasteiger partial charge in [-0.1, -0.05) is 50.1 Å². The number of benzene rings is 1. The van der Waals surface area contributed by atoms with Gasteiger partial charge in [0.15, 0.2) is 0 Å². The van der Waals surface area contributed by atoms with Crippen molar-refractivity contribution in [2.45, 2.75) is 64.0 Å². The Hall–Kier alpha value is -2.35. The van der Waals surface area contributed by atoms with Gasteiger partial charge in [-0.15, -0.1) is 12.6 Å². The lowest BCUT2D eigenvalue weighted by Crippen LogP contribution is -2.51. The van der Waals surface area contributed by atoms with Crippen LogP contribution in [0.4, 0.5) is 0 Å². The number of thiol groups is 1. The molecule has 3 amide bonds. The molecule has 30 heavy (non-hydrogen) atoms. The molecular weight excluding hydrogens is 402 g/mol. The first-order valence-electron chi connectivity index (χ1n) is 10.5. The van der Waals surface area contributed by atoms with Gasteiger partial charge in [-0.25, -0.2) is 0 Å². The minimum absolute atomic E-state index is 0.111. The van der Waals surface area contributed by atoms with Crippen molar-refractivity contribution in [1.29, 1.82) is 0 Å². The number of hydrogen-bond donors (Lipinski definition) is 4. The van der Waals surface area contributed by atoms with Crippen LogP contribution < -0.4 is 16.0 Å². The lowest BCUT2D eigenvalue weighted by Gasteiger charge is -2.23. The molecule has 1 aliphatic rings. The second kappa shape index (κ2) is 12.4. The summed E-state index contributed by atoms with van der Waals surface area (Å²) in [6.45, 7) is 2.58. The average Bonchev–Trinajstić information content (AvgIpc) is 3.14. The van der Waals surface area contributed by atoms with Gasteiger partial charge in [0.2, 0.25) is 22.8 Å². The molecule has 3 N–H and O–H groups in total. The molecule has 1 fully saturated rings. The largest absolute Gasteiger partial charge is 0.356 e. The van der Waals surface area contributed by atoms with E-state index in [2.05, 4.69) is 28.6 Å². The highest BCUT2D eigenvalue weighted by atomic mass is 32.1. The summed E-state index contributed by atoms with van der Waals surface area (Å²) in [6.07, 6.45) is 3.82. The zero-order chi connectivity index (χ0) is 21.9. The van der Waals surface area contributed by atoms with Crippen LogP contribution in [0.2, 0.25) is 0 Å². The molecule has 0 aromatic heterocycles. The van der Waals surface area contributed by atoms with Gasteiger partial charge in [0.1, 0.15) is 6.04 Å². The van der Waals surface area contributed by atoms with Crippen LogP contribution in [0, 0.1) is 5.92 Å². The number of carbonyl (C=O) groups is 4. The van der Waals surface area contributed by atoms with Gasteiger partial charge < -0.3 is 16.0 Å². The maximum absolute atomic E-state index is 12.8. The highest BCUT2D eigenvalue weighted by Gasteiger charge is 2.31. The van der Waals surface area contributed by atoms with Crippen LogP contribution in [0.25, 0.3) is 0 Å². The Balaban J connectivity index is 1.93. The molecule has 0 unspecified atom stereocenters. The van der Waals surface area contributed by atoms with Crippen molar-refractivity contribution in [3.63, 3.8) is 0 Å². The Bertz CT molecular complexity index is 741. The number of unbranched alkanes of at least 4 members (excludes halogenated alkanes) is 1. The van der Waals surface area contributed by atoms with Gasteiger partial charge in [0.05, 0.1) is 6.04 Å². The molecule has 0 saturated carbocycles. The Labute approximate surface area is 183 Å². The van der Waals surface area contributed by atoms with Gasteiger partial charge in [-0.2, -0.15) is 0 Å². The second-order valence-electron chi connectivity index (χ2n) is 7.66. The maximum atomic E-state index is 12.8. The summed E-state index contributed by atoms with van der Waals surface area (Å²) < 4.78 is 0. The van der Waals surface area contributed by atoms with E-state index >= 15 is 0 Å². The van der Waals surface area contributed by atoms with Gasteiger partial charge >= 0.3 is 0 Å². The van der Waals surface area contributed by atoms with E-state index in [0.29, 0.717) is 25.8 Å². The highest BCUT2D eigenvalue weighted by Crippen LogP contribution is 2.17. The second-order valence-corrected chi connectivity index (χ2v) is 8.10. The van der Waals surface area contributed by atoms with E-state index in [0.717, 1.165) is 18.4 Å². The van der Waals surface area contributed by atoms with Gasteiger partial charge in [-0.3, -0.25) is 19.2 Å². The van der Waals surface area contributed by atoms with E-state index in [9.17, 15) is 19.2 Å².